The zero-order valence-corrected chi connectivity index (χ0v) is 14.6. The summed E-state index contributed by atoms with van der Waals surface area (Å²) in [5.41, 5.74) is 6.34. The van der Waals surface area contributed by atoms with E-state index >= 15 is 0 Å². The molecule has 21 heavy (non-hydrogen) atoms. The Balaban J connectivity index is 0.00000400. The molecule has 0 bridgehead atoms. The smallest absolute Gasteiger partial charge is 0.241 e. The van der Waals surface area contributed by atoms with Gasteiger partial charge in [0.25, 0.3) is 0 Å². The fourth-order valence-electron chi connectivity index (χ4n) is 1.50. The van der Waals surface area contributed by atoms with E-state index < -0.39 is 0 Å². The summed E-state index contributed by atoms with van der Waals surface area (Å²) in [4.78, 5) is 15.2. The minimum atomic E-state index is -0.185. The van der Waals surface area contributed by atoms with Crippen molar-refractivity contribution in [3.8, 4) is 11.5 Å². The lowest BCUT2D eigenvalue weighted by molar-refractivity contribution is -0.119. The predicted molar refractivity (Wildman–Crippen MR) is 93.8 cm³/mol. The Morgan fingerprint density at radius 3 is 2.62 bits per heavy atom. The second kappa shape index (κ2) is 10.1. The number of hydrogen-bond donors (Lipinski definition) is 3. The minimum Gasteiger partial charge on any atom is -0.497 e. The van der Waals surface area contributed by atoms with Gasteiger partial charge in [0.15, 0.2) is 5.96 Å². The lowest BCUT2D eigenvalue weighted by atomic mass is 10.2. The third-order valence-electron chi connectivity index (χ3n) is 2.44. The van der Waals surface area contributed by atoms with Gasteiger partial charge >= 0.3 is 0 Å². The van der Waals surface area contributed by atoms with Crippen molar-refractivity contribution in [2.24, 2.45) is 10.7 Å². The van der Waals surface area contributed by atoms with Crippen LogP contribution in [0.15, 0.2) is 23.2 Å². The van der Waals surface area contributed by atoms with Crippen molar-refractivity contribution in [1.82, 2.24) is 5.32 Å². The van der Waals surface area contributed by atoms with Crippen LogP contribution in [0.4, 0.5) is 5.69 Å². The van der Waals surface area contributed by atoms with Crippen molar-refractivity contribution in [2.45, 2.75) is 6.92 Å². The Labute approximate surface area is 141 Å². The van der Waals surface area contributed by atoms with Gasteiger partial charge in [-0.3, -0.25) is 4.79 Å². The molecule has 1 amide bonds. The molecule has 8 heteroatoms. The first-order valence-corrected chi connectivity index (χ1v) is 6.16. The molecule has 0 spiro atoms. The number of carbonyl (C=O) groups is 1. The first-order chi connectivity index (χ1) is 9.60. The van der Waals surface area contributed by atoms with Crippen LogP contribution in [0, 0.1) is 0 Å². The lowest BCUT2D eigenvalue weighted by Crippen LogP contribution is -2.29. The lowest BCUT2D eigenvalue weighted by Gasteiger charge is -2.12. The van der Waals surface area contributed by atoms with Gasteiger partial charge in [-0.25, -0.2) is 4.99 Å². The largest absolute Gasteiger partial charge is 0.497 e. The second-order valence-electron chi connectivity index (χ2n) is 3.85. The number of methoxy groups -OCH3 is 2. The number of halogens is 1. The number of amides is 1. The molecular weight excluding hydrogens is 387 g/mol. The van der Waals surface area contributed by atoms with Gasteiger partial charge in [0.1, 0.15) is 18.0 Å². The van der Waals surface area contributed by atoms with Gasteiger partial charge in [0.2, 0.25) is 5.91 Å². The highest BCUT2D eigenvalue weighted by Gasteiger charge is 2.06. The van der Waals surface area contributed by atoms with E-state index in [-0.39, 0.29) is 42.4 Å². The van der Waals surface area contributed by atoms with Crippen molar-refractivity contribution < 1.29 is 14.3 Å². The molecule has 0 unspecified atom stereocenters. The van der Waals surface area contributed by atoms with Gasteiger partial charge in [-0.15, -0.1) is 24.0 Å². The average molecular weight is 408 g/mol. The summed E-state index contributed by atoms with van der Waals surface area (Å²) in [7, 11) is 3.12. The highest BCUT2D eigenvalue weighted by Crippen LogP contribution is 2.28. The van der Waals surface area contributed by atoms with Gasteiger partial charge < -0.3 is 25.8 Å². The third-order valence-corrected chi connectivity index (χ3v) is 2.44. The number of nitrogens with zero attached hydrogens (tertiary/aromatic N) is 1. The van der Waals surface area contributed by atoms with E-state index in [0.29, 0.717) is 23.7 Å². The first-order valence-electron chi connectivity index (χ1n) is 6.16. The molecular formula is C13H21IN4O3. The van der Waals surface area contributed by atoms with Crippen LogP contribution in [0.3, 0.4) is 0 Å². The molecule has 1 rings (SSSR count). The SMILES string of the molecule is CCNC(=O)CN=C(N)Nc1cc(OC)ccc1OC.I. The van der Waals surface area contributed by atoms with Crippen LogP contribution in [-0.2, 0) is 4.79 Å². The number of hydrogen-bond acceptors (Lipinski definition) is 4. The van der Waals surface area contributed by atoms with Crippen LogP contribution in [0.5, 0.6) is 11.5 Å². The van der Waals surface area contributed by atoms with Crippen LogP contribution in [0.1, 0.15) is 6.92 Å². The van der Waals surface area contributed by atoms with Gasteiger partial charge in [-0.2, -0.15) is 0 Å². The standard InChI is InChI=1S/C13H20N4O3.HI/c1-4-15-12(18)8-16-13(14)17-10-7-9(19-2)5-6-11(10)20-3;/h5-7H,4,8H2,1-3H3,(H,15,18)(H3,14,16,17);1H. The molecule has 118 valence electrons. The topological polar surface area (TPSA) is 98.0 Å². The zero-order valence-electron chi connectivity index (χ0n) is 12.3. The summed E-state index contributed by atoms with van der Waals surface area (Å²) in [6.45, 7) is 2.37. The van der Waals surface area contributed by atoms with Crippen LogP contribution in [-0.4, -0.2) is 39.2 Å². The van der Waals surface area contributed by atoms with Crippen molar-refractivity contribution in [2.75, 3.05) is 32.6 Å². The van der Waals surface area contributed by atoms with Crippen molar-refractivity contribution in [3.63, 3.8) is 0 Å². The Morgan fingerprint density at radius 2 is 2.05 bits per heavy atom. The number of rotatable bonds is 6. The fourth-order valence-corrected chi connectivity index (χ4v) is 1.50. The summed E-state index contributed by atoms with van der Waals surface area (Å²) in [6.07, 6.45) is 0. The number of nitrogens with one attached hydrogen (secondary N) is 2. The summed E-state index contributed by atoms with van der Waals surface area (Å²) < 4.78 is 10.3. The molecule has 0 saturated carbocycles. The number of aliphatic imine (C=N–C) groups is 1. The monoisotopic (exact) mass is 408 g/mol. The van der Waals surface area contributed by atoms with Crippen LogP contribution < -0.4 is 25.8 Å². The molecule has 0 aliphatic rings. The number of ether oxygens (including phenoxy) is 2. The molecule has 0 atom stereocenters. The van der Waals surface area contributed by atoms with Crippen molar-refractivity contribution >= 4 is 41.5 Å². The second-order valence-corrected chi connectivity index (χ2v) is 3.85. The molecule has 0 aliphatic carbocycles. The van der Waals surface area contributed by atoms with Crippen LogP contribution in [0.2, 0.25) is 0 Å². The predicted octanol–water partition coefficient (Wildman–Crippen LogP) is 1.18. The van der Waals surface area contributed by atoms with Crippen molar-refractivity contribution in [1.29, 1.82) is 0 Å². The maximum atomic E-state index is 11.3. The van der Waals surface area contributed by atoms with Gasteiger partial charge in [0.05, 0.1) is 19.9 Å². The number of guanidine groups is 1. The maximum Gasteiger partial charge on any atom is 0.241 e. The zero-order chi connectivity index (χ0) is 15.0. The Morgan fingerprint density at radius 1 is 1.33 bits per heavy atom. The molecule has 1 aromatic rings. The van der Waals surface area contributed by atoms with E-state index in [2.05, 4.69) is 15.6 Å². The minimum absolute atomic E-state index is 0. The highest BCUT2D eigenvalue weighted by atomic mass is 127. The number of anilines is 1. The quantitative estimate of drug-likeness (QED) is 0.373. The van der Waals surface area contributed by atoms with E-state index in [4.69, 9.17) is 15.2 Å². The number of nitrogens with two attached hydrogens (primary N) is 1. The third kappa shape index (κ3) is 6.52. The van der Waals surface area contributed by atoms with Gasteiger partial charge in [-0.1, -0.05) is 0 Å². The Bertz CT molecular complexity index is 494. The highest BCUT2D eigenvalue weighted by molar-refractivity contribution is 14.0. The van der Waals surface area contributed by atoms with Crippen LogP contribution in [0.25, 0.3) is 0 Å². The molecule has 0 aromatic heterocycles. The molecule has 7 nitrogen and oxygen atoms in total. The fraction of sp³-hybridized carbons (Fsp3) is 0.385. The summed E-state index contributed by atoms with van der Waals surface area (Å²) in [5, 5.41) is 5.51. The molecule has 0 radical (unpaired) electrons. The molecule has 1 aromatic carbocycles. The molecule has 0 aliphatic heterocycles. The maximum absolute atomic E-state index is 11.3. The van der Waals surface area contributed by atoms with E-state index in [0.717, 1.165) is 0 Å². The molecule has 4 N–H and O–H groups in total. The van der Waals surface area contributed by atoms with Gasteiger partial charge in [-0.05, 0) is 19.1 Å². The van der Waals surface area contributed by atoms with Crippen LogP contribution >= 0.6 is 24.0 Å². The average Bonchev–Trinajstić information content (AvgIpc) is 2.45. The van der Waals surface area contributed by atoms with Gasteiger partial charge in [0, 0.05) is 12.6 Å². The number of carbonyl (C=O) groups excluding carboxylic acids is 1. The molecule has 0 saturated heterocycles. The Hall–Kier alpha value is -1.71. The molecule has 0 heterocycles. The van der Waals surface area contributed by atoms with E-state index in [1.54, 1.807) is 32.4 Å². The van der Waals surface area contributed by atoms with E-state index in [1.807, 2.05) is 6.92 Å². The Kier molecular flexibility index (Phi) is 9.26. The summed E-state index contributed by atoms with van der Waals surface area (Å²) in [5.74, 6) is 1.20. The molecule has 0 fully saturated rings. The summed E-state index contributed by atoms with van der Waals surface area (Å²) >= 11 is 0. The first kappa shape index (κ1) is 19.3. The number of likely N-dealkylation sites (N-methyl/N-ethyl adjacent to an activating group) is 1. The normalized spacial score (nSPS) is 10.3. The van der Waals surface area contributed by atoms with E-state index in [1.165, 1.54) is 0 Å². The number of benzene rings is 1. The van der Waals surface area contributed by atoms with Crippen molar-refractivity contribution in [3.05, 3.63) is 18.2 Å². The summed E-state index contributed by atoms with van der Waals surface area (Å²) in [6, 6.07) is 5.25. The van der Waals surface area contributed by atoms with E-state index in [9.17, 15) is 4.79 Å².